The van der Waals surface area contributed by atoms with Gasteiger partial charge in [0.2, 0.25) is 0 Å². The zero-order valence-electron chi connectivity index (χ0n) is 12.1. The highest BCUT2D eigenvalue weighted by molar-refractivity contribution is 5.96. The first-order valence-electron chi connectivity index (χ1n) is 6.58. The first kappa shape index (κ1) is 16.9. The maximum absolute atomic E-state index is 13.2. The molecule has 0 fully saturated rings. The van der Waals surface area contributed by atoms with Gasteiger partial charge in [0.15, 0.2) is 6.10 Å². The zero-order valence-corrected chi connectivity index (χ0v) is 12.1. The van der Waals surface area contributed by atoms with Crippen molar-refractivity contribution in [3.05, 3.63) is 29.6 Å². The van der Waals surface area contributed by atoms with Gasteiger partial charge in [-0.3, -0.25) is 10.1 Å². The molecule has 0 bridgehead atoms. The van der Waals surface area contributed by atoms with Gasteiger partial charge in [0, 0.05) is 12.1 Å². The van der Waals surface area contributed by atoms with Crippen LogP contribution in [-0.4, -0.2) is 29.7 Å². The summed E-state index contributed by atoms with van der Waals surface area (Å²) in [6.07, 6.45) is -1.93. The molecule has 3 N–H and O–H groups in total. The number of amides is 3. The van der Waals surface area contributed by atoms with E-state index >= 15 is 0 Å². The third-order valence-corrected chi connectivity index (χ3v) is 2.67. The zero-order chi connectivity index (χ0) is 16.0. The van der Waals surface area contributed by atoms with Crippen molar-refractivity contribution in [2.24, 2.45) is 0 Å². The molecule has 116 valence electrons. The number of carbonyl (C=O) groups excluding carboxylic acids is 2. The molecule has 0 aromatic heterocycles. The topological polar surface area (TPSA) is 87.7 Å². The van der Waals surface area contributed by atoms with E-state index < -0.39 is 30.0 Å². The summed E-state index contributed by atoms with van der Waals surface area (Å²) < 4.78 is 18.5. The van der Waals surface area contributed by atoms with E-state index in [0.29, 0.717) is 6.54 Å². The van der Waals surface area contributed by atoms with E-state index in [9.17, 15) is 19.1 Å². The first-order valence-corrected chi connectivity index (χ1v) is 6.58. The number of benzene rings is 1. The average molecular weight is 298 g/mol. The molecule has 0 saturated carbocycles. The van der Waals surface area contributed by atoms with E-state index in [1.807, 2.05) is 0 Å². The predicted octanol–water partition coefficient (Wildman–Crippen LogP) is 1.49. The number of imide groups is 1. The van der Waals surface area contributed by atoms with Gasteiger partial charge >= 0.3 is 6.03 Å². The number of aliphatic hydroxyl groups excluding tert-OH is 1. The molecule has 2 unspecified atom stereocenters. The van der Waals surface area contributed by atoms with Gasteiger partial charge in [0.25, 0.3) is 5.91 Å². The van der Waals surface area contributed by atoms with Crippen LogP contribution in [0.4, 0.5) is 9.18 Å². The fraction of sp³-hybridized carbons (Fsp3) is 0.429. The van der Waals surface area contributed by atoms with Gasteiger partial charge in [-0.15, -0.1) is 0 Å². The lowest BCUT2D eigenvalue weighted by molar-refractivity contribution is -0.126. The third kappa shape index (κ3) is 5.03. The van der Waals surface area contributed by atoms with Crippen molar-refractivity contribution in [3.8, 4) is 5.75 Å². The molecule has 7 heteroatoms. The third-order valence-electron chi connectivity index (χ3n) is 2.67. The van der Waals surface area contributed by atoms with Crippen LogP contribution in [0.5, 0.6) is 5.75 Å². The SMILES string of the molecule is CCNC(=O)NC(=O)C(C)Oc1ccc(F)cc1C(C)O. The molecule has 6 nitrogen and oxygen atoms in total. The van der Waals surface area contributed by atoms with Crippen LogP contribution >= 0.6 is 0 Å². The van der Waals surface area contributed by atoms with Gasteiger partial charge in [0.1, 0.15) is 11.6 Å². The lowest BCUT2D eigenvalue weighted by atomic mass is 10.1. The Bertz CT molecular complexity index is 520. The van der Waals surface area contributed by atoms with Crippen LogP contribution < -0.4 is 15.4 Å². The van der Waals surface area contributed by atoms with Crippen LogP contribution in [0.1, 0.15) is 32.4 Å². The molecule has 0 aliphatic rings. The lowest BCUT2D eigenvalue weighted by Crippen LogP contribution is -2.45. The molecule has 21 heavy (non-hydrogen) atoms. The van der Waals surface area contributed by atoms with Crippen molar-refractivity contribution in [1.29, 1.82) is 0 Å². The van der Waals surface area contributed by atoms with Crippen molar-refractivity contribution in [3.63, 3.8) is 0 Å². The van der Waals surface area contributed by atoms with E-state index in [4.69, 9.17) is 4.74 Å². The smallest absolute Gasteiger partial charge is 0.321 e. The Morgan fingerprint density at radius 2 is 2.05 bits per heavy atom. The summed E-state index contributed by atoms with van der Waals surface area (Å²) in [4.78, 5) is 23.0. The second-order valence-corrected chi connectivity index (χ2v) is 4.47. The number of rotatable bonds is 5. The summed E-state index contributed by atoms with van der Waals surface area (Å²) >= 11 is 0. The summed E-state index contributed by atoms with van der Waals surface area (Å²) in [5, 5.41) is 14.1. The molecule has 2 atom stereocenters. The van der Waals surface area contributed by atoms with Gasteiger partial charge in [-0.1, -0.05) is 0 Å². The minimum Gasteiger partial charge on any atom is -0.480 e. The average Bonchev–Trinajstić information content (AvgIpc) is 2.40. The van der Waals surface area contributed by atoms with Gasteiger partial charge in [-0.2, -0.15) is 0 Å². The van der Waals surface area contributed by atoms with Crippen molar-refractivity contribution in [2.45, 2.75) is 33.0 Å². The van der Waals surface area contributed by atoms with Crippen molar-refractivity contribution < 1.29 is 23.8 Å². The van der Waals surface area contributed by atoms with E-state index in [1.165, 1.54) is 19.9 Å². The van der Waals surface area contributed by atoms with Crippen molar-refractivity contribution in [2.75, 3.05) is 6.54 Å². The Labute approximate surface area is 122 Å². The molecule has 3 amide bonds. The standard InChI is InChI=1S/C14H19FN2O4/c1-4-16-14(20)17-13(19)9(3)21-12-6-5-10(15)7-11(12)8(2)18/h5-9,18H,4H2,1-3H3,(H2,16,17,19,20). The highest BCUT2D eigenvalue weighted by Gasteiger charge is 2.20. The summed E-state index contributed by atoms with van der Waals surface area (Å²) in [6, 6.07) is 3.00. The summed E-state index contributed by atoms with van der Waals surface area (Å²) in [6.45, 7) is 5.01. The number of aliphatic hydroxyl groups is 1. The second kappa shape index (κ2) is 7.58. The molecule has 0 heterocycles. The molecule has 0 radical (unpaired) electrons. The Hall–Kier alpha value is -2.15. The van der Waals surface area contributed by atoms with E-state index in [0.717, 1.165) is 12.1 Å². The van der Waals surface area contributed by atoms with Crippen LogP contribution in [0.3, 0.4) is 0 Å². The molecular weight excluding hydrogens is 279 g/mol. The number of ether oxygens (including phenoxy) is 1. The minimum atomic E-state index is -0.976. The first-order chi connectivity index (χ1) is 9.85. The van der Waals surface area contributed by atoms with Crippen molar-refractivity contribution >= 4 is 11.9 Å². The van der Waals surface area contributed by atoms with Gasteiger partial charge < -0.3 is 15.2 Å². The van der Waals surface area contributed by atoms with E-state index in [1.54, 1.807) is 6.92 Å². The molecule has 0 spiro atoms. The van der Waals surface area contributed by atoms with Crippen molar-refractivity contribution in [1.82, 2.24) is 10.6 Å². The van der Waals surface area contributed by atoms with Crippen LogP contribution in [-0.2, 0) is 4.79 Å². The molecule has 1 aromatic rings. The van der Waals surface area contributed by atoms with Crippen LogP contribution in [0.15, 0.2) is 18.2 Å². The summed E-state index contributed by atoms with van der Waals surface area (Å²) in [7, 11) is 0. The Morgan fingerprint density at radius 3 is 2.62 bits per heavy atom. The molecule has 1 aromatic carbocycles. The highest BCUT2D eigenvalue weighted by Crippen LogP contribution is 2.26. The number of hydrogen-bond donors (Lipinski definition) is 3. The van der Waals surface area contributed by atoms with Gasteiger partial charge in [-0.25, -0.2) is 9.18 Å². The van der Waals surface area contributed by atoms with Crippen LogP contribution in [0.2, 0.25) is 0 Å². The monoisotopic (exact) mass is 298 g/mol. The van der Waals surface area contributed by atoms with E-state index in [-0.39, 0.29) is 11.3 Å². The number of carbonyl (C=O) groups is 2. The van der Waals surface area contributed by atoms with Gasteiger partial charge in [0.05, 0.1) is 6.10 Å². The number of halogens is 1. The predicted molar refractivity (Wildman–Crippen MR) is 74.3 cm³/mol. The Morgan fingerprint density at radius 1 is 1.38 bits per heavy atom. The van der Waals surface area contributed by atoms with Crippen LogP contribution in [0, 0.1) is 5.82 Å². The summed E-state index contributed by atoms with van der Waals surface area (Å²) in [5.74, 6) is -0.968. The molecule has 1 rings (SSSR count). The quantitative estimate of drug-likeness (QED) is 0.768. The Kier molecular flexibility index (Phi) is 6.10. The van der Waals surface area contributed by atoms with Gasteiger partial charge in [-0.05, 0) is 39.0 Å². The Balaban J connectivity index is 2.76. The molecule has 0 saturated heterocycles. The van der Waals surface area contributed by atoms with E-state index in [2.05, 4.69) is 10.6 Å². The maximum atomic E-state index is 13.2. The number of nitrogens with one attached hydrogen (secondary N) is 2. The second-order valence-electron chi connectivity index (χ2n) is 4.47. The molecular formula is C14H19FN2O4. The fourth-order valence-corrected chi connectivity index (χ4v) is 1.62. The normalized spacial score (nSPS) is 13.2. The lowest BCUT2D eigenvalue weighted by Gasteiger charge is -2.18. The maximum Gasteiger partial charge on any atom is 0.321 e. The fourth-order valence-electron chi connectivity index (χ4n) is 1.62. The van der Waals surface area contributed by atoms with Crippen LogP contribution in [0.25, 0.3) is 0 Å². The largest absolute Gasteiger partial charge is 0.480 e. The molecule has 0 aliphatic heterocycles. The number of urea groups is 1. The highest BCUT2D eigenvalue weighted by atomic mass is 19.1. The number of hydrogen-bond acceptors (Lipinski definition) is 4. The summed E-state index contributed by atoms with van der Waals surface area (Å²) in [5.41, 5.74) is 0.229. The minimum absolute atomic E-state index is 0.185. The molecule has 0 aliphatic carbocycles.